The van der Waals surface area contributed by atoms with Gasteiger partial charge in [0.05, 0.1) is 4.90 Å². The maximum atomic E-state index is 12.3. The lowest BCUT2D eigenvalue weighted by atomic mass is 10.2. The van der Waals surface area contributed by atoms with Crippen LogP contribution in [0.25, 0.3) is 0 Å². The van der Waals surface area contributed by atoms with Crippen molar-refractivity contribution in [2.45, 2.75) is 38.2 Å². The van der Waals surface area contributed by atoms with Crippen LogP contribution in [-0.2, 0) is 14.8 Å². The molecule has 8 heteroatoms. The average molecular weight is 372 g/mol. The molecule has 0 aliphatic rings. The third kappa shape index (κ3) is 7.74. The van der Waals surface area contributed by atoms with E-state index in [1.807, 2.05) is 25.9 Å². The third-order valence-electron chi connectivity index (χ3n) is 3.28. The van der Waals surface area contributed by atoms with Crippen LogP contribution in [0.3, 0.4) is 0 Å². The van der Waals surface area contributed by atoms with E-state index < -0.39 is 21.7 Å². The molecule has 0 saturated heterocycles. The molecule has 1 aromatic rings. The Balaban J connectivity index is 2.51. The summed E-state index contributed by atoms with van der Waals surface area (Å²) < 4.78 is 32.3. The number of ether oxygens (including phenoxy) is 1. The lowest BCUT2D eigenvalue weighted by Crippen LogP contribution is -2.38. The van der Waals surface area contributed by atoms with Gasteiger partial charge in [-0.2, -0.15) is 0 Å². The second-order valence-electron chi connectivity index (χ2n) is 7.23. The van der Waals surface area contributed by atoms with Crippen LogP contribution in [0.5, 0.6) is 0 Å². The molecular formula is C17H29N3O4S. The van der Waals surface area contributed by atoms with Gasteiger partial charge in [0.15, 0.2) is 0 Å². The van der Waals surface area contributed by atoms with Crippen molar-refractivity contribution in [2.75, 3.05) is 32.1 Å². The molecule has 1 unspecified atom stereocenters. The molecule has 0 spiro atoms. The van der Waals surface area contributed by atoms with Gasteiger partial charge in [-0.05, 0) is 51.0 Å². The average Bonchev–Trinajstić information content (AvgIpc) is 2.49. The highest BCUT2D eigenvalue weighted by atomic mass is 32.2. The van der Waals surface area contributed by atoms with Gasteiger partial charge >= 0.3 is 6.09 Å². The van der Waals surface area contributed by atoms with Gasteiger partial charge in [-0.15, -0.1) is 0 Å². The molecular weight excluding hydrogens is 342 g/mol. The highest BCUT2D eigenvalue weighted by Crippen LogP contribution is 2.16. The molecule has 25 heavy (non-hydrogen) atoms. The molecule has 0 aliphatic carbocycles. The summed E-state index contributed by atoms with van der Waals surface area (Å²) in [5, 5.41) is 2.63. The van der Waals surface area contributed by atoms with Gasteiger partial charge < -0.3 is 15.0 Å². The fourth-order valence-electron chi connectivity index (χ4n) is 1.90. The van der Waals surface area contributed by atoms with Crippen molar-refractivity contribution in [1.29, 1.82) is 0 Å². The van der Waals surface area contributed by atoms with Crippen LogP contribution in [0.1, 0.15) is 27.7 Å². The Labute approximate surface area is 150 Å². The van der Waals surface area contributed by atoms with Gasteiger partial charge in [0.1, 0.15) is 5.60 Å². The van der Waals surface area contributed by atoms with Crippen LogP contribution >= 0.6 is 0 Å². The predicted molar refractivity (Wildman–Crippen MR) is 99.4 cm³/mol. The first-order valence-electron chi connectivity index (χ1n) is 8.14. The standard InChI is InChI=1S/C17H29N3O4S/c1-13(11-18-16(21)24-17(2,3)4)12-19-25(22,23)15-9-7-14(8-10-15)20(5)6/h7-10,13,19H,11-12H2,1-6H3,(H,18,21). The van der Waals surface area contributed by atoms with Gasteiger partial charge in [-0.25, -0.2) is 17.9 Å². The van der Waals surface area contributed by atoms with E-state index >= 15 is 0 Å². The first kappa shape index (κ1) is 21.2. The van der Waals surface area contributed by atoms with Crippen LogP contribution in [0, 0.1) is 5.92 Å². The van der Waals surface area contributed by atoms with E-state index in [0.29, 0.717) is 6.54 Å². The summed E-state index contributed by atoms with van der Waals surface area (Å²) in [7, 11) is 0.202. The number of nitrogens with one attached hydrogen (secondary N) is 2. The molecule has 0 bridgehead atoms. The second-order valence-corrected chi connectivity index (χ2v) is 9.00. The molecule has 1 amide bonds. The summed E-state index contributed by atoms with van der Waals surface area (Å²) in [6, 6.07) is 6.65. The Morgan fingerprint density at radius 1 is 1.16 bits per heavy atom. The van der Waals surface area contributed by atoms with E-state index in [9.17, 15) is 13.2 Å². The fourth-order valence-corrected chi connectivity index (χ4v) is 3.07. The fraction of sp³-hybridized carbons (Fsp3) is 0.588. The molecule has 0 aliphatic heterocycles. The van der Waals surface area contributed by atoms with Crippen molar-refractivity contribution in [1.82, 2.24) is 10.0 Å². The Hall–Kier alpha value is -1.80. The molecule has 0 saturated carbocycles. The Morgan fingerprint density at radius 3 is 2.20 bits per heavy atom. The van der Waals surface area contributed by atoms with Crippen molar-refractivity contribution in [2.24, 2.45) is 5.92 Å². The molecule has 0 fully saturated rings. The summed E-state index contributed by atoms with van der Waals surface area (Å²) in [6.07, 6.45) is -0.513. The summed E-state index contributed by atoms with van der Waals surface area (Å²) in [4.78, 5) is 13.7. The minimum atomic E-state index is -3.58. The molecule has 0 aromatic heterocycles. The molecule has 0 radical (unpaired) electrons. The Bertz CT molecular complexity index is 664. The van der Waals surface area contributed by atoms with Gasteiger partial charge in [0, 0.05) is 32.9 Å². The normalized spacial score (nSPS) is 13.2. The third-order valence-corrected chi connectivity index (χ3v) is 4.72. The van der Waals surface area contributed by atoms with Gasteiger partial charge in [-0.3, -0.25) is 0 Å². The maximum absolute atomic E-state index is 12.3. The van der Waals surface area contributed by atoms with E-state index in [2.05, 4.69) is 10.0 Å². The molecule has 1 rings (SSSR count). The smallest absolute Gasteiger partial charge is 0.407 e. The highest BCUT2D eigenvalue weighted by molar-refractivity contribution is 7.89. The van der Waals surface area contributed by atoms with Crippen LogP contribution in [-0.4, -0.2) is 47.3 Å². The van der Waals surface area contributed by atoms with E-state index in [4.69, 9.17) is 4.74 Å². The van der Waals surface area contributed by atoms with Crippen molar-refractivity contribution in [3.8, 4) is 0 Å². The van der Waals surface area contributed by atoms with E-state index in [1.54, 1.807) is 45.0 Å². The van der Waals surface area contributed by atoms with Crippen LogP contribution < -0.4 is 14.9 Å². The molecule has 1 aromatic carbocycles. The van der Waals surface area contributed by atoms with Crippen molar-refractivity contribution in [3.63, 3.8) is 0 Å². The lowest BCUT2D eigenvalue weighted by molar-refractivity contribution is 0.0521. The summed E-state index contributed by atoms with van der Waals surface area (Å²) in [5.74, 6) is -0.0802. The lowest BCUT2D eigenvalue weighted by Gasteiger charge is -2.21. The zero-order chi connectivity index (χ0) is 19.3. The zero-order valence-electron chi connectivity index (χ0n) is 15.8. The Morgan fingerprint density at radius 2 is 1.72 bits per heavy atom. The van der Waals surface area contributed by atoms with Crippen LogP contribution in [0.2, 0.25) is 0 Å². The molecule has 142 valence electrons. The topological polar surface area (TPSA) is 87.7 Å². The van der Waals surface area contributed by atoms with E-state index in [-0.39, 0.29) is 17.4 Å². The minimum absolute atomic E-state index is 0.0802. The number of hydrogen-bond donors (Lipinski definition) is 2. The number of carbonyl (C=O) groups is 1. The number of nitrogens with zero attached hydrogens (tertiary/aromatic N) is 1. The van der Waals surface area contributed by atoms with Gasteiger partial charge in [0.2, 0.25) is 10.0 Å². The number of anilines is 1. The van der Waals surface area contributed by atoms with Crippen molar-refractivity contribution < 1.29 is 17.9 Å². The summed E-state index contributed by atoms with van der Waals surface area (Å²) >= 11 is 0. The molecule has 0 heterocycles. The van der Waals surface area contributed by atoms with Crippen LogP contribution in [0.15, 0.2) is 29.2 Å². The predicted octanol–water partition coefficient (Wildman–Crippen LogP) is 2.19. The van der Waals surface area contributed by atoms with Gasteiger partial charge in [0.25, 0.3) is 0 Å². The maximum Gasteiger partial charge on any atom is 0.407 e. The van der Waals surface area contributed by atoms with E-state index in [0.717, 1.165) is 5.69 Å². The van der Waals surface area contributed by atoms with Crippen molar-refractivity contribution in [3.05, 3.63) is 24.3 Å². The number of sulfonamides is 1. The number of hydrogen-bond acceptors (Lipinski definition) is 5. The number of carbonyl (C=O) groups excluding carboxylic acids is 1. The van der Waals surface area contributed by atoms with Crippen molar-refractivity contribution >= 4 is 21.8 Å². The highest BCUT2D eigenvalue weighted by Gasteiger charge is 2.18. The quantitative estimate of drug-likeness (QED) is 0.767. The van der Waals surface area contributed by atoms with E-state index in [1.165, 1.54) is 0 Å². The molecule has 2 N–H and O–H groups in total. The minimum Gasteiger partial charge on any atom is -0.444 e. The zero-order valence-corrected chi connectivity index (χ0v) is 16.6. The molecule has 1 atom stereocenters. The first-order valence-corrected chi connectivity index (χ1v) is 9.63. The number of amides is 1. The second kappa shape index (κ2) is 8.53. The van der Waals surface area contributed by atoms with Gasteiger partial charge in [-0.1, -0.05) is 6.92 Å². The SMILES string of the molecule is CC(CNC(=O)OC(C)(C)C)CNS(=O)(=O)c1ccc(N(C)C)cc1. The first-order chi connectivity index (χ1) is 11.4. The number of benzene rings is 1. The summed E-state index contributed by atoms with van der Waals surface area (Å²) in [6.45, 7) is 7.72. The number of alkyl carbamates (subject to hydrolysis) is 1. The molecule has 7 nitrogen and oxygen atoms in total. The largest absolute Gasteiger partial charge is 0.444 e. The summed E-state index contributed by atoms with van der Waals surface area (Å²) in [5.41, 5.74) is 0.363. The van der Waals surface area contributed by atoms with Crippen LogP contribution in [0.4, 0.5) is 10.5 Å². The number of rotatable bonds is 7. The Kier molecular flexibility index (Phi) is 7.25. The monoisotopic (exact) mass is 371 g/mol.